The van der Waals surface area contributed by atoms with E-state index in [9.17, 15) is 4.79 Å². The second-order valence-electron chi connectivity index (χ2n) is 5.66. The lowest BCUT2D eigenvalue weighted by Gasteiger charge is -2.34. The molecule has 0 spiro atoms. The number of amides is 1. The molecule has 0 radical (unpaired) electrons. The quantitative estimate of drug-likeness (QED) is 0.870. The van der Waals surface area contributed by atoms with Crippen LogP contribution in [0.25, 0.3) is 0 Å². The van der Waals surface area contributed by atoms with Gasteiger partial charge in [0.05, 0.1) is 0 Å². The van der Waals surface area contributed by atoms with E-state index >= 15 is 0 Å². The number of nitrogens with zero attached hydrogens (tertiary/aromatic N) is 4. The standard InChI is InChI=1S/C17H20BrN5O/c1-2-22-8-10-23(11-9-22)16-7-6-15(20-21-16)19-17(24)13-4-3-5-14(18)12-13/h3-7,12H,2,8-11H2,1H3,(H,19,20,24). The molecule has 0 bridgehead atoms. The summed E-state index contributed by atoms with van der Waals surface area (Å²) in [6.07, 6.45) is 0. The molecule has 2 heterocycles. The molecule has 3 rings (SSSR count). The SMILES string of the molecule is CCN1CCN(c2ccc(NC(=O)c3cccc(Br)c3)nn2)CC1. The van der Waals surface area contributed by atoms with Crippen molar-refractivity contribution in [1.29, 1.82) is 0 Å². The summed E-state index contributed by atoms with van der Waals surface area (Å²) in [5.41, 5.74) is 0.575. The van der Waals surface area contributed by atoms with E-state index in [4.69, 9.17) is 0 Å². The highest BCUT2D eigenvalue weighted by Crippen LogP contribution is 2.16. The fraction of sp³-hybridized carbons (Fsp3) is 0.353. The number of hydrogen-bond donors (Lipinski definition) is 1. The van der Waals surface area contributed by atoms with Gasteiger partial charge in [-0.2, -0.15) is 0 Å². The maximum atomic E-state index is 12.2. The summed E-state index contributed by atoms with van der Waals surface area (Å²) in [5, 5.41) is 11.2. The second-order valence-corrected chi connectivity index (χ2v) is 6.58. The average Bonchev–Trinajstić information content (AvgIpc) is 2.62. The van der Waals surface area contributed by atoms with Crippen molar-refractivity contribution in [2.24, 2.45) is 0 Å². The van der Waals surface area contributed by atoms with Crippen LogP contribution in [-0.2, 0) is 0 Å². The number of nitrogens with one attached hydrogen (secondary N) is 1. The smallest absolute Gasteiger partial charge is 0.256 e. The zero-order valence-electron chi connectivity index (χ0n) is 13.6. The highest BCUT2D eigenvalue weighted by molar-refractivity contribution is 9.10. The molecule has 7 heteroatoms. The molecule has 0 unspecified atom stereocenters. The van der Waals surface area contributed by atoms with E-state index < -0.39 is 0 Å². The van der Waals surface area contributed by atoms with Crippen LogP contribution >= 0.6 is 15.9 Å². The van der Waals surface area contributed by atoms with Gasteiger partial charge in [0.2, 0.25) is 0 Å². The monoisotopic (exact) mass is 389 g/mol. The van der Waals surface area contributed by atoms with Gasteiger partial charge in [-0.05, 0) is 36.9 Å². The number of hydrogen-bond acceptors (Lipinski definition) is 5. The highest BCUT2D eigenvalue weighted by Gasteiger charge is 2.17. The van der Waals surface area contributed by atoms with Gasteiger partial charge in [0, 0.05) is 36.2 Å². The molecule has 2 aromatic rings. The Morgan fingerprint density at radius 1 is 1.17 bits per heavy atom. The molecular weight excluding hydrogens is 370 g/mol. The third-order valence-corrected chi connectivity index (χ3v) is 4.62. The fourth-order valence-corrected chi connectivity index (χ4v) is 3.07. The van der Waals surface area contributed by atoms with Crippen LogP contribution in [-0.4, -0.2) is 53.7 Å². The molecule has 1 aliphatic rings. The lowest BCUT2D eigenvalue weighted by molar-refractivity contribution is 0.102. The normalized spacial score (nSPS) is 15.3. The largest absolute Gasteiger partial charge is 0.353 e. The Morgan fingerprint density at radius 3 is 2.58 bits per heavy atom. The lowest BCUT2D eigenvalue weighted by atomic mass is 10.2. The van der Waals surface area contributed by atoms with Gasteiger partial charge in [-0.1, -0.05) is 28.9 Å². The van der Waals surface area contributed by atoms with Crippen molar-refractivity contribution in [2.45, 2.75) is 6.92 Å². The molecule has 126 valence electrons. The van der Waals surface area contributed by atoms with Crippen LogP contribution < -0.4 is 10.2 Å². The van der Waals surface area contributed by atoms with Gasteiger partial charge >= 0.3 is 0 Å². The minimum atomic E-state index is -0.199. The number of carbonyl (C=O) groups is 1. The Kier molecular flexibility index (Phi) is 5.42. The molecule has 1 amide bonds. The Hall–Kier alpha value is -1.99. The second kappa shape index (κ2) is 7.72. The Morgan fingerprint density at radius 2 is 1.96 bits per heavy atom. The summed E-state index contributed by atoms with van der Waals surface area (Å²) in [5.74, 6) is 1.11. The van der Waals surface area contributed by atoms with Crippen molar-refractivity contribution in [1.82, 2.24) is 15.1 Å². The molecule has 1 aliphatic heterocycles. The summed E-state index contributed by atoms with van der Waals surface area (Å²) in [6.45, 7) is 7.25. The van der Waals surface area contributed by atoms with E-state index in [1.54, 1.807) is 18.2 Å². The van der Waals surface area contributed by atoms with Crippen molar-refractivity contribution in [2.75, 3.05) is 42.9 Å². The van der Waals surface area contributed by atoms with Gasteiger partial charge < -0.3 is 15.1 Å². The topological polar surface area (TPSA) is 61.4 Å². The number of carbonyl (C=O) groups excluding carboxylic acids is 1. The lowest BCUT2D eigenvalue weighted by Crippen LogP contribution is -2.46. The van der Waals surface area contributed by atoms with Crippen LogP contribution in [0.3, 0.4) is 0 Å². The van der Waals surface area contributed by atoms with Crippen molar-refractivity contribution < 1.29 is 4.79 Å². The Labute approximate surface area is 150 Å². The Bertz CT molecular complexity index is 698. The molecule has 1 aromatic carbocycles. The van der Waals surface area contributed by atoms with E-state index in [0.29, 0.717) is 11.4 Å². The number of aromatic nitrogens is 2. The van der Waals surface area contributed by atoms with E-state index in [1.807, 2.05) is 18.2 Å². The van der Waals surface area contributed by atoms with E-state index in [1.165, 1.54) is 0 Å². The summed E-state index contributed by atoms with van der Waals surface area (Å²) in [6, 6.07) is 10.9. The summed E-state index contributed by atoms with van der Waals surface area (Å²) in [4.78, 5) is 16.8. The van der Waals surface area contributed by atoms with Crippen molar-refractivity contribution >= 4 is 33.5 Å². The fourth-order valence-electron chi connectivity index (χ4n) is 2.67. The van der Waals surface area contributed by atoms with E-state index in [2.05, 4.69) is 48.2 Å². The number of halogens is 1. The number of rotatable bonds is 4. The van der Waals surface area contributed by atoms with Gasteiger partial charge in [-0.25, -0.2) is 0 Å². The molecule has 0 saturated carbocycles. The first-order valence-corrected chi connectivity index (χ1v) is 8.83. The minimum absolute atomic E-state index is 0.199. The molecule has 1 aromatic heterocycles. The first-order chi connectivity index (χ1) is 11.7. The number of anilines is 2. The number of likely N-dealkylation sites (N-methyl/N-ethyl adjacent to an activating group) is 1. The van der Waals surface area contributed by atoms with Crippen LogP contribution in [0.4, 0.5) is 11.6 Å². The maximum Gasteiger partial charge on any atom is 0.256 e. The molecule has 1 saturated heterocycles. The van der Waals surface area contributed by atoms with Gasteiger partial charge in [0.25, 0.3) is 5.91 Å². The molecule has 24 heavy (non-hydrogen) atoms. The van der Waals surface area contributed by atoms with Gasteiger partial charge in [0.1, 0.15) is 0 Å². The van der Waals surface area contributed by atoms with Crippen molar-refractivity contribution in [3.63, 3.8) is 0 Å². The van der Waals surface area contributed by atoms with E-state index in [0.717, 1.165) is 43.0 Å². The maximum absolute atomic E-state index is 12.2. The molecular formula is C17H20BrN5O. The van der Waals surface area contributed by atoms with Crippen molar-refractivity contribution in [3.05, 3.63) is 46.4 Å². The van der Waals surface area contributed by atoms with Crippen LogP contribution in [0.5, 0.6) is 0 Å². The zero-order chi connectivity index (χ0) is 16.9. The third-order valence-electron chi connectivity index (χ3n) is 4.12. The third kappa shape index (κ3) is 4.10. The molecule has 6 nitrogen and oxygen atoms in total. The van der Waals surface area contributed by atoms with Gasteiger partial charge in [-0.3, -0.25) is 4.79 Å². The van der Waals surface area contributed by atoms with Crippen LogP contribution in [0, 0.1) is 0 Å². The van der Waals surface area contributed by atoms with Gasteiger partial charge in [-0.15, -0.1) is 10.2 Å². The molecule has 1 N–H and O–H groups in total. The molecule has 0 atom stereocenters. The average molecular weight is 390 g/mol. The van der Waals surface area contributed by atoms with Crippen molar-refractivity contribution in [3.8, 4) is 0 Å². The van der Waals surface area contributed by atoms with Crippen LogP contribution in [0.1, 0.15) is 17.3 Å². The first-order valence-electron chi connectivity index (χ1n) is 8.03. The predicted octanol–water partition coefficient (Wildman–Crippen LogP) is 2.63. The summed E-state index contributed by atoms with van der Waals surface area (Å²) in [7, 11) is 0. The zero-order valence-corrected chi connectivity index (χ0v) is 15.2. The summed E-state index contributed by atoms with van der Waals surface area (Å²) >= 11 is 3.36. The molecule has 1 fully saturated rings. The van der Waals surface area contributed by atoms with Gasteiger partial charge in [0.15, 0.2) is 11.6 Å². The number of benzene rings is 1. The highest BCUT2D eigenvalue weighted by atomic mass is 79.9. The molecule has 0 aliphatic carbocycles. The number of piperazine rings is 1. The predicted molar refractivity (Wildman–Crippen MR) is 98.5 cm³/mol. The van der Waals surface area contributed by atoms with Crippen LogP contribution in [0.2, 0.25) is 0 Å². The van der Waals surface area contributed by atoms with Crippen LogP contribution in [0.15, 0.2) is 40.9 Å². The first kappa shape index (κ1) is 16.9. The Balaban J connectivity index is 1.61. The summed E-state index contributed by atoms with van der Waals surface area (Å²) < 4.78 is 0.864. The minimum Gasteiger partial charge on any atom is -0.353 e. The van der Waals surface area contributed by atoms with E-state index in [-0.39, 0.29) is 5.91 Å².